The summed E-state index contributed by atoms with van der Waals surface area (Å²) in [6.07, 6.45) is 0. The summed E-state index contributed by atoms with van der Waals surface area (Å²) >= 11 is 6.03. The highest BCUT2D eigenvalue weighted by Crippen LogP contribution is 2.47. The van der Waals surface area contributed by atoms with Gasteiger partial charge in [0.2, 0.25) is 6.79 Å². The van der Waals surface area contributed by atoms with Crippen molar-refractivity contribution in [2.24, 2.45) is 5.73 Å². The Morgan fingerprint density at radius 1 is 1.65 bits per heavy atom. The van der Waals surface area contributed by atoms with Crippen LogP contribution in [0.15, 0.2) is 6.07 Å². The predicted octanol–water partition coefficient (Wildman–Crippen LogP) is 1.16. The maximum absolute atomic E-state index is 10.9. The van der Waals surface area contributed by atoms with Crippen molar-refractivity contribution in [2.75, 3.05) is 13.9 Å². The van der Waals surface area contributed by atoms with Gasteiger partial charge in [0.05, 0.1) is 7.11 Å². The SMILES string of the molecule is COc1c(C(N)C(=O)O)cc2c(c1Cl)OCO2. The number of carboxylic acids is 1. The second-order valence-electron chi connectivity index (χ2n) is 3.36. The van der Waals surface area contributed by atoms with Gasteiger partial charge in [-0.05, 0) is 6.07 Å². The van der Waals surface area contributed by atoms with Crippen LogP contribution < -0.4 is 19.9 Å². The molecule has 0 radical (unpaired) electrons. The molecule has 17 heavy (non-hydrogen) atoms. The zero-order valence-corrected chi connectivity index (χ0v) is 9.65. The van der Waals surface area contributed by atoms with Gasteiger partial charge < -0.3 is 25.1 Å². The number of fused-ring (bicyclic) bond motifs is 1. The molecule has 0 amide bonds. The third kappa shape index (κ3) is 1.85. The van der Waals surface area contributed by atoms with Crippen LogP contribution in [0.1, 0.15) is 11.6 Å². The van der Waals surface area contributed by atoms with Gasteiger partial charge in [-0.25, -0.2) is 0 Å². The number of carboxylic acid groups (broad SMARTS) is 1. The average Bonchev–Trinajstić information content (AvgIpc) is 2.76. The fourth-order valence-electron chi connectivity index (χ4n) is 1.58. The van der Waals surface area contributed by atoms with Crippen molar-refractivity contribution in [2.45, 2.75) is 6.04 Å². The number of rotatable bonds is 3. The van der Waals surface area contributed by atoms with Gasteiger partial charge in [-0.3, -0.25) is 4.79 Å². The van der Waals surface area contributed by atoms with Crippen molar-refractivity contribution in [1.29, 1.82) is 0 Å². The van der Waals surface area contributed by atoms with Crippen LogP contribution in [0.2, 0.25) is 5.02 Å². The molecule has 0 aromatic heterocycles. The standard InChI is InChI=1S/C10H10ClNO5/c1-15-8-4(7(12)10(13)14)2-5-9(6(8)11)17-3-16-5/h2,7H,3,12H2,1H3,(H,13,14). The number of hydrogen-bond donors (Lipinski definition) is 2. The van der Waals surface area contributed by atoms with Crippen molar-refractivity contribution in [3.05, 3.63) is 16.7 Å². The number of nitrogens with two attached hydrogens (primary N) is 1. The number of ether oxygens (including phenoxy) is 3. The molecule has 7 heteroatoms. The van der Waals surface area contributed by atoms with E-state index < -0.39 is 12.0 Å². The third-order valence-electron chi connectivity index (χ3n) is 2.39. The molecule has 0 spiro atoms. The van der Waals surface area contributed by atoms with Gasteiger partial charge in [0.15, 0.2) is 11.5 Å². The Balaban J connectivity index is 2.59. The van der Waals surface area contributed by atoms with E-state index in [1.165, 1.54) is 13.2 Å². The highest BCUT2D eigenvalue weighted by atomic mass is 35.5. The fourth-order valence-corrected chi connectivity index (χ4v) is 1.91. The van der Waals surface area contributed by atoms with E-state index in [0.717, 1.165) is 0 Å². The van der Waals surface area contributed by atoms with E-state index >= 15 is 0 Å². The van der Waals surface area contributed by atoms with Crippen LogP contribution >= 0.6 is 11.6 Å². The average molecular weight is 260 g/mol. The van der Waals surface area contributed by atoms with Gasteiger partial charge in [-0.1, -0.05) is 11.6 Å². The van der Waals surface area contributed by atoms with Crippen molar-refractivity contribution in [3.63, 3.8) is 0 Å². The molecule has 1 unspecified atom stereocenters. The Morgan fingerprint density at radius 2 is 2.35 bits per heavy atom. The van der Waals surface area contributed by atoms with E-state index in [4.69, 9.17) is 36.7 Å². The van der Waals surface area contributed by atoms with Crippen LogP contribution in [-0.2, 0) is 4.79 Å². The molecule has 3 N–H and O–H groups in total. The van der Waals surface area contributed by atoms with Gasteiger partial charge in [0, 0.05) is 5.56 Å². The lowest BCUT2D eigenvalue weighted by Gasteiger charge is -2.14. The number of benzene rings is 1. The molecule has 1 heterocycles. The molecule has 0 saturated carbocycles. The quantitative estimate of drug-likeness (QED) is 0.846. The molecule has 1 aromatic carbocycles. The summed E-state index contributed by atoms with van der Waals surface area (Å²) in [6, 6.07) is 0.225. The van der Waals surface area contributed by atoms with E-state index in [0.29, 0.717) is 11.5 Å². The number of carbonyl (C=O) groups is 1. The van der Waals surface area contributed by atoms with E-state index in [1.54, 1.807) is 0 Å². The molecule has 0 saturated heterocycles. The normalized spacial score (nSPS) is 14.5. The van der Waals surface area contributed by atoms with E-state index in [2.05, 4.69) is 0 Å². The molecule has 0 bridgehead atoms. The first-order valence-electron chi connectivity index (χ1n) is 4.70. The molecule has 2 rings (SSSR count). The molecule has 1 atom stereocenters. The van der Waals surface area contributed by atoms with Crippen LogP contribution in [-0.4, -0.2) is 25.0 Å². The molecule has 1 aromatic rings. The topological polar surface area (TPSA) is 91.0 Å². The van der Waals surface area contributed by atoms with Crippen LogP contribution in [0.5, 0.6) is 17.2 Å². The van der Waals surface area contributed by atoms with Crippen molar-refractivity contribution in [1.82, 2.24) is 0 Å². The van der Waals surface area contributed by atoms with Gasteiger partial charge in [-0.15, -0.1) is 0 Å². The predicted molar refractivity (Wildman–Crippen MR) is 58.7 cm³/mol. The molecule has 0 fully saturated rings. The molecule has 6 nitrogen and oxygen atoms in total. The minimum atomic E-state index is -1.24. The maximum Gasteiger partial charge on any atom is 0.325 e. The Kier molecular flexibility index (Phi) is 2.99. The number of hydrogen-bond acceptors (Lipinski definition) is 5. The monoisotopic (exact) mass is 259 g/mol. The molecule has 1 aliphatic heterocycles. The molecule has 1 aliphatic rings. The Bertz CT molecular complexity index is 476. The first kappa shape index (κ1) is 11.8. The Morgan fingerprint density at radius 3 is 2.94 bits per heavy atom. The minimum Gasteiger partial charge on any atom is -0.495 e. The zero-order valence-electron chi connectivity index (χ0n) is 8.90. The third-order valence-corrected chi connectivity index (χ3v) is 2.74. The van der Waals surface area contributed by atoms with E-state index in [-0.39, 0.29) is 23.1 Å². The molecule has 0 aliphatic carbocycles. The molecule has 92 valence electrons. The van der Waals surface area contributed by atoms with Gasteiger partial charge >= 0.3 is 5.97 Å². The number of methoxy groups -OCH3 is 1. The van der Waals surface area contributed by atoms with E-state index in [9.17, 15) is 4.79 Å². The van der Waals surface area contributed by atoms with Crippen molar-refractivity contribution < 1.29 is 24.1 Å². The van der Waals surface area contributed by atoms with Gasteiger partial charge in [0.25, 0.3) is 0 Å². The van der Waals surface area contributed by atoms with Gasteiger partial charge in [0.1, 0.15) is 16.8 Å². The first-order valence-corrected chi connectivity index (χ1v) is 5.08. The summed E-state index contributed by atoms with van der Waals surface area (Å²) in [5.74, 6) is -0.295. The van der Waals surface area contributed by atoms with Crippen molar-refractivity contribution >= 4 is 17.6 Å². The Labute approximate surface area is 102 Å². The summed E-state index contributed by atoms with van der Waals surface area (Å²) in [4.78, 5) is 10.9. The van der Waals surface area contributed by atoms with Crippen LogP contribution in [0.4, 0.5) is 0 Å². The lowest BCUT2D eigenvalue weighted by molar-refractivity contribution is -0.138. The minimum absolute atomic E-state index is 0.0317. The second-order valence-corrected chi connectivity index (χ2v) is 3.74. The fraction of sp³-hybridized carbons (Fsp3) is 0.300. The van der Waals surface area contributed by atoms with Crippen LogP contribution in [0.25, 0.3) is 0 Å². The zero-order chi connectivity index (χ0) is 12.6. The highest BCUT2D eigenvalue weighted by molar-refractivity contribution is 6.34. The maximum atomic E-state index is 10.9. The smallest absolute Gasteiger partial charge is 0.325 e. The Hall–Kier alpha value is -1.66. The molecular weight excluding hydrogens is 250 g/mol. The van der Waals surface area contributed by atoms with Gasteiger partial charge in [-0.2, -0.15) is 0 Å². The largest absolute Gasteiger partial charge is 0.495 e. The van der Waals surface area contributed by atoms with Crippen LogP contribution in [0.3, 0.4) is 0 Å². The number of aliphatic carboxylic acids is 1. The molecular formula is C10H10ClNO5. The highest BCUT2D eigenvalue weighted by Gasteiger charge is 2.28. The van der Waals surface area contributed by atoms with E-state index in [1.807, 2.05) is 0 Å². The second kappa shape index (κ2) is 4.31. The lowest BCUT2D eigenvalue weighted by Crippen LogP contribution is -2.21. The first-order chi connectivity index (χ1) is 8.06. The summed E-state index contributed by atoms with van der Waals surface area (Å²) in [5.41, 5.74) is 5.79. The summed E-state index contributed by atoms with van der Waals surface area (Å²) in [7, 11) is 1.38. The summed E-state index contributed by atoms with van der Waals surface area (Å²) in [6.45, 7) is 0.0317. The summed E-state index contributed by atoms with van der Waals surface area (Å²) in [5, 5.41) is 9.06. The van der Waals surface area contributed by atoms with Crippen molar-refractivity contribution in [3.8, 4) is 17.2 Å². The number of halogens is 1. The lowest BCUT2D eigenvalue weighted by atomic mass is 10.1. The van der Waals surface area contributed by atoms with Crippen LogP contribution in [0, 0.1) is 0 Å². The summed E-state index contributed by atoms with van der Waals surface area (Å²) < 4.78 is 15.3.